The van der Waals surface area contributed by atoms with E-state index in [1.807, 2.05) is 0 Å². The first kappa shape index (κ1) is 10.2. The van der Waals surface area contributed by atoms with Gasteiger partial charge >= 0.3 is 5.63 Å². The number of rotatable bonds is 0. The van der Waals surface area contributed by atoms with E-state index >= 15 is 0 Å². The molecular weight excluding hydrogens is 220 g/mol. The number of phenolic OH excluding ortho intramolecular Hbond substituents is 2. The molecule has 88 valence electrons. The van der Waals surface area contributed by atoms with Gasteiger partial charge in [-0.3, -0.25) is 0 Å². The van der Waals surface area contributed by atoms with Crippen LogP contribution in [0.3, 0.4) is 0 Å². The maximum absolute atomic E-state index is 11.8. The smallest absolute Gasteiger partial charge is 0.339 e. The molecule has 1 aromatic heterocycles. The highest BCUT2D eigenvalue weighted by atomic mass is 16.4. The number of aryl methyl sites for hydroxylation is 1. The van der Waals surface area contributed by atoms with E-state index < -0.39 is 0 Å². The predicted molar refractivity (Wildman–Crippen MR) is 62.5 cm³/mol. The Bertz CT molecular complexity index is 654. The molecule has 0 fully saturated rings. The Morgan fingerprint density at radius 3 is 2.53 bits per heavy atom. The second kappa shape index (κ2) is 3.52. The van der Waals surface area contributed by atoms with E-state index in [9.17, 15) is 15.0 Å². The van der Waals surface area contributed by atoms with Gasteiger partial charge in [-0.05, 0) is 37.3 Å². The molecule has 0 spiro atoms. The van der Waals surface area contributed by atoms with Crippen LogP contribution in [0.25, 0.3) is 11.0 Å². The standard InChI is InChI=1S/C13H12O4/c14-7-5-10-8-3-1-2-4-9(8)13(16)17-12(10)11(15)6-7/h5-6,14-15H,1-4H2. The minimum Gasteiger partial charge on any atom is -0.508 e. The SMILES string of the molecule is O=c1oc2c(O)cc(O)cc2c2c1CCCC2. The van der Waals surface area contributed by atoms with E-state index in [2.05, 4.69) is 0 Å². The Morgan fingerprint density at radius 2 is 1.76 bits per heavy atom. The monoisotopic (exact) mass is 232 g/mol. The van der Waals surface area contributed by atoms with Crippen LogP contribution in [0, 0.1) is 0 Å². The van der Waals surface area contributed by atoms with E-state index in [1.165, 1.54) is 6.07 Å². The number of hydrogen-bond donors (Lipinski definition) is 2. The Morgan fingerprint density at radius 1 is 1.06 bits per heavy atom. The Hall–Kier alpha value is -1.97. The lowest BCUT2D eigenvalue weighted by molar-refractivity contribution is 0.438. The van der Waals surface area contributed by atoms with Crippen LogP contribution in [-0.4, -0.2) is 10.2 Å². The van der Waals surface area contributed by atoms with Gasteiger partial charge in [-0.1, -0.05) is 0 Å². The predicted octanol–water partition coefficient (Wildman–Crippen LogP) is 2.08. The van der Waals surface area contributed by atoms with Crippen molar-refractivity contribution in [1.82, 2.24) is 0 Å². The van der Waals surface area contributed by atoms with Gasteiger partial charge in [-0.25, -0.2) is 4.79 Å². The van der Waals surface area contributed by atoms with E-state index in [1.54, 1.807) is 6.07 Å². The minimum absolute atomic E-state index is 0.0170. The van der Waals surface area contributed by atoms with Crippen molar-refractivity contribution >= 4 is 11.0 Å². The fourth-order valence-corrected chi connectivity index (χ4v) is 2.51. The zero-order valence-corrected chi connectivity index (χ0v) is 9.19. The van der Waals surface area contributed by atoms with Gasteiger partial charge < -0.3 is 14.6 Å². The average molecular weight is 232 g/mol. The summed E-state index contributed by atoms with van der Waals surface area (Å²) in [7, 11) is 0. The van der Waals surface area contributed by atoms with Crippen molar-refractivity contribution in [3.05, 3.63) is 33.7 Å². The average Bonchev–Trinajstić information content (AvgIpc) is 2.31. The first-order valence-electron chi connectivity index (χ1n) is 5.67. The molecule has 1 aromatic carbocycles. The third-order valence-corrected chi connectivity index (χ3v) is 3.29. The molecule has 0 unspecified atom stereocenters. The summed E-state index contributed by atoms with van der Waals surface area (Å²) >= 11 is 0. The van der Waals surface area contributed by atoms with Gasteiger partial charge in [0.15, 0.2) is 11.3 Å². The van der Waals surface area contributed by atoms with Crippen LogP contribution in [0.15, 0.2) is 21.3 Å². The lowest BCUT2D eigenvalue weighted by Gasteiger charge is -2.16. The number of phenols is 2. The maximum atomic E-state index is 11.8. The second-order valence-electron chi connectivity index (χ2n) is 4.40. The van der Waals surface area contributed by atoms with Crippen LogP contribution in [0.5, 0.6) is 11.5 Å². The van der Waals surface area contributed by atoms with Crippen molar-refractivity contribution in [2.45, 2.75) is 25.7 Å². The summed E-state index contributed by atoms with van der Waals surface area (Å²) in [5, 5.41) is 19.8. The van der Waals surface area contributed by atoms with Gasteiger partial charge in [0, 0.05) is 17.0 Å². The third-order valence-electron chi connectivity index (χ3n) is 3.29. The summed E-state index contributed by atoms with van der Waals surface area (Å²) in [5.41, 5.74) is 1.41. The van der Waals surface area contributed by atoms with Crippen LogP contribution in [0.1, 0.15) is 24.0 Å². The number of aromatic hydroxyl groups is 2. The molecule has 2 N–H and O–H groups in total. The first-order valence-corrected chi connectivity index (χ1v) is 5.67. The molecule has 0 bridgehead atoms. The molecule has 0 aliphatic heterocycles. The van der Waals surface area contributed by atoms with Gasteiger partial charge in [0.05, 0.1) is 0 Å². The van der Waals surface area contributed by atoms with Crippen LogP contribution in [0.2, 0.25) is 0 Å². The van der Waals surface area contributed by atoms with Crippen molar-refractivity contribution in [1.29, 1.82) is 0 Å². The normalized spacial score (nSPS) is 14.8. The van der Waals surface area contributed by atoms with Crippen LogP contribution in [-0.2, 0) is 12.8 Å². The molecule has 1 aliphatic carbocycles. The number of fused-ring (bicyclic) bond motifs is 3. The minimum atomic E-state index is -0.367. The lowest BCUT2D eigenvalue weighted by atomic mass is 9.90. The number of benzene rings is 1. The molecule has 0 saturated carbocycles. The zero-order chi connectivity index (χ0) is 12.0. The Labute approximate surface area is 97.1 Å². The maximum Gasteiger partial charge on any atom is 0.339 e. The van der Waals surface area contributed by atoms with Crippen molar-refractivity contribution in [3.63, 3.8) is 0 Å². The summed E-state index contributed by atoms with van der Waals surface area (Å²) in [6, 6.07) is 2.72. The third kappa shape index (κ3) is 1.48. The van der Waals surface area contributed by atoms with Gasteiger partial charge in [0.2, 0.25) is 0 Å². The van der Waals surface area contributed by atoms with Crippen molar-refractivity contribution < 1.29 is 14.6 Å². The molecule has 1 heterocycles. The molecule has 17 heavy (non-hydrogen) atoms. The highest BCUT2D eigenvalue weighted by molar-refractivity contribution is 5.87. The second-order valence-corrected chi connectivity index (χ2v) is 4.40. The van der Waals surface area contributed by atoms with Crippen LogP contribution >= 0.6 is 0 Å². The van der Waals surface area contributed by atoms with E-state index in [0.29, 0.717) is 17.4 Å². The molecular formula is C13H12O4. The quantitative estimate of drug-likeness (QED) is 0.682. The lowest BCUT2D eigenvalue weighted by Crippen LogP contribution is -2.15. The molecule has 4 heteroatoms. The zero-order valence-electron chi connectivity index (χ0n) is 9.19. The molecule has 4 nitrogen and oxygen atoms in total. The molecule has 0 atom stereocenters. The molecule has 1 aliphatic rings. The van der Waals surface area contributed by atoms with Gasteiger partial charge in [-0.2, -0.15) is 0 Å². The Balaban J connectivity index is 2.47. The van der Waals surface area contributed by atoms with Crippen molar-refractivity contribution in [2.75, 3.05) is 0 Å². The van der Waals surface area contributed by atoms with Gasteiger partial charge in [0.25, 0.3) is 0 Å². The largest absolute Gasteiger partial charge is 0.508 e. The highest BCUT2D eigenvalue weighted by Crippen LogP contribution is 2.34. The van der Waals surface area contributed by atoms with E-state index in [-0.39, 0.29) is 22.7 Å². The van der Waals surface area contributed by atoms with Crippen LogP contribution < -0.4 is 5.63 Å². The summed E-state index contributed by atoms with van der Waals surface area (Å²) in [5.74, 6) is -0.206. The summed E-state index contributed by atoms with van der Waals surface area (Å²) < 4.78 is 5.13. The first-order chi connectivity index (χ1) is 8.16. The topological polar surface area (TPSA) is 70.7 Å². The summed E-state index contributed by atoms with van der Waals surface area (Å²) in [4.78, 5) is 11.8. The molecule has 0 radical (unpaired) electrons. The fourth-order valence-electron chi connectivity index (χ4n) is 2.51. The fraction of sp³-hybridized carbons (Fsp3) is 0.308. The van der Waals surface area contributed by atoms with Crippen molar-refractivity contribution in [2.24, 2.45) is 0 Å². The van der Waals surface area contributed by atoms with E-state index in [4.69, 9.17) is 4.42 Å². The molecule has 0 saturated heterocycles. The summed E-state index contributed by atoms with van der Waals surface area (Å²) in [6.07, 6.45) is 3.50. The highest BCUT2D eigenvalue weighted by Gasteiger charge is 2.19. The Kier molecular flexibility index (Phi) is 2.11. The molecule has 0 amide bonds. The molecule has 3 rings (SSSR count). The van der Waals surface area contributed by atoms with Gasteiger partial charge in [0.1, 0.15) is 5.75 Å². The summed E-state index contributed by atoms with van der Waals surface area (Å²) in [6.45, 7) is 0. The molecule has 2 aromatic rings. The van der Waals surface area contributed by atoms with Gasteiger partial charge in [-0.15, -0.1) is 0 Å². The van der Waals surface area contributed by atoms with Crippen LogP contribution in [0.4, 0.5) is 0 Å². The van der Waals surface area contributed by atoms with E-state index in [0.717, 1.165) is 24.8 Å². The number of hydrogen-bond acceptors (Lipinski definition) is 4. The van der Waals surface area contributed by atoms with Crippen molar-refractivity contribution in [3.8, 4) is 11.5 Å².